The molecule has 6 nitrogen and oxygen atoms in total. The number of hydrogen-bond donors (Lipinski definition) is 1. The van der Waals surface area contributed by atoms with Gasteiger partial charge in [0.15, 0.2) is 6.61 Å². The van der Waals surface area contributed by atoms with Gasteiger partial charge < -0.3 is 10.1 Å². The van der Waals surface area contributed by atoms with Gasteiger partial charge in [0.25, 0.3) is 11.5 Å². The lowest BCUT2D eigenvalue weighted by Crippen LogP contribution is -2.28. The lowest BCUT2D eigenvalue weighted by Gasteiger charge is -2.09. The topological polar surface area (TPSA) is 73.2 Å². The Labute approximate surface area is 181 Å². The number of hydrogen-bond acceptors (Lipinski definition) is 4. The van der Waals surface area contributed by atoms with Crippen molar-refractivity contribution in [3.63, 3.8) is 0 Å². The summed E-state index contributed by atoms with van der Waals surface area (Å²) in [5.74, 6) is 0.697. The van der Waals surface area contributed by atoms with Crippen molar-refractivity contribution in [2.24, 2.45) is 0 Å². The van der Waals surface area contributed by atoms with E-state index in [1.165, 1.54) is 10.6 Å². The van der Waals surface area contributed by atoms with E-state index in [0.29, 0.717) is 31.1 Å². The van der Waals surface area contributed by atoms with Gasteiger partial charge in [0.05, 0.1) is 16.5 Å². The van der Waals surface area contributed by atoms with Crippen molar-refractivity contribution in [2.45, 2.75) is 26.1 Å². The molecule has 0 fully saturated rings. The van der Waals surface area contributed by atoms with Crippen LogP contribution in [0.25, 0.3) is 22.6 Å². The molecule has 9 heteroatoms. The van der Waals surface area contributed by atoms with Gasteiger partial charge in [0.2, 0.25) is 0 Å². The SMILES string of the molecule is CCNC(=O)COc1ccc(/C=C2\CCn3c2nc2cc(C(F)(F)F)ccc2c3=O)cc1. The number of alkyl halides is 3. The summed E-state index contributed by atoms with van der Waals surface area (Å²) in [4.78, 5) is 28.6. The smallest absolute Gasteiger partial charge is 0.416 e. The number of likely N-dealkylation sites (N-methyl/N-ethyl adjacent to an activating group) is 1. The summed E-state index contributed by atoms with van der Waals surface area (Å²) in [6, 6.07) is 10.0. The lowest BCUT2D eigenvalue weighted by molar-refractivity contribution is -0.137. The summed E-state index contributed by atoms with van der Waals surface area (Å²) in [7, 11) is 0. The van der Waals surface area contributed by atoms with E-state index in [1.54, 1.807) is 24.3 Å². The van der Waals surface area contributed by atoms with Crippen molar-refractivity contribution in [3.8, 4) is 5.75 Å². The van der Waals surface area contributed by atoms with Crippen molar-refractivity contribution < 1.29 is 22.7 Å². The predicted molar refractivity (Wildman–Crippen MR) is 114 cm³/mol. The minimum absolute atomic E-state index is 0.0259. The van der Waals surface area contributed by atoms with Crippen LogP contribution in [0.15, 0.2) is 47.3 Å². The van der Waals surface area contributed by atoms with Crippen molar-refractivity contribution in [3.05, 3.63) is 69.8 Å². The van der Waals surface area contributed by atoms with Crippen LogP contribution < -0.4 is 15.6 Å². The van der Waals surface area contributed by atoms with Gasteiger partial charge in [-0.3, -0.25) is 14.2 Å². The van der Waals surface area contributed by atoms with Gasteiger partial charge in [0, 0.05) is 13.1 Å². The molecule has 166 valence electrons. The standard InChI is InChI=1S/C23H20F3N3O3/c1-2-27-20(30)13-32-17-6-3-14(4-7-17)11-15-9-10-29-21(15)28-19-12-16(23(24,25)26)5-8-18(19)22(29)31/h3-8,11-12H,2,9-10,13H2,1H3,(H,27,30)/b15-11+. The molecule has 1 aromatic heterocycles. The Morgan fingerprint density at radius 2 is 1.97 bits per heavy atom. The second-order valence-electron chi connectivity index (χ2n) is 7.35. The Bertz CT molecular complexity index is 1260. The van der Waals surface area contributed by atoms with Gasteiger partial charge >= 0.3 is 6.18 Å². The maximum absolute atomic E-state index is 13.1. The molecule has 0 aliphatic carbocycles. The second kappa shape index (κ2) is 8.49. The van der Waals surface area contributed by atoms with Gasteiger partial charge in [0.1, 0.15) is 11.6 Å². The zero-order valence-electron chi connectivity index (χ0n) is 17.2. The Morgan fingerprint density at radius 1 is 1.22 bits per heavy atom. The first-order valence-corrected chi connectivity index (χ1v) is 10.1. The monoisotopic (exact) mass is 443 g/mol. The normalized spacial score (nSPS) is 14.6. The first kappa shape index (κ1) is 21.6. The maximum atomic E-state index is 13.1. The molecule has 1 amide bonds. The van der Waals surface area contributed by atoms with Crippen LogP contribution in [-0.2, 0) is 17.5 Å². The summed E-state index contributed by atoms with van der Waals surface area (Å²) in [6.45, 7) is 2.68. The van der Waals surface area contributed by atoms with Gasteiger partial charge in [-0.15, -0.1) is 0 Å². The number of amides is 1. The Hall–Kier alpha value is -3.62. The third-order valence-corrected chi connectivity index (χ3v) is 5.14. The number of fused-ring (bicyclic) bond motifs is 2. The van der Waals surface area contributed by atoms with E-state index in [1.807, 2.05) is 13.0 Å². The highest BCUT2D eigenvalue weighted by atomic mass is 19.4. The van der Waals surface area contributed by atoms with E-state index in [2.05, 4.69) is 10.3 Å². The van der Waals surface area contributed by atoms with Crippen LogP contribution >= 0.6 is 0 Å². The van der Waals surface area contributed by atoms with Gasteiger partial charge in [-0.1, -0.05) is 12.1 Å². The highest BCUT2D eigenvalue weighted by Crippen LogP contribution is 2.32. The quantitative estimate of drug-likeness (QED) is 0.650. The van der Waals surface area contributed by atoms with Crippen LogP contribution in [0.1, 0.15) is 30.3 Å². The lowest BCUT2D eigenvalue weighted by atomic mass is 10.1. The van der Waals surface area contributed by atoms with Crippen LogP contribution in [0, 0.1) is 0 Å². The number of halogens is 3. The zero-order chi connectivity index (χ0) is 22.9. The van der Waals surface area contributed by atoms with Crippen LogP contribution in [-0.4, -0.2) is 28.6 Å². The Balaban J connectivity index is 1.62. The van der Waals surface area contributed by atoms with E-state index < -0.39 is 11.7 Å². The summed E-state index contributed by atoms with van der Waals surface area (Å²) >= 11 is 0. The number of nitrogens with one attached hydrogen (secondary N) is 1. The molecule has 2 heterocycles. The highest BCUT2D eigenvalue weighted by Gasteiger charge is 2.31. The minimum atomic E-state index is -4.51. The molecule has 0 saturated heterocycles. The third-order valence-electron chi connectivity index (χ3n) is 5.14. The first-order chi connectivity index (χ1) is 15.3. The Kier molecular flexibility index (Phi) is 5.73. The van der Waals surface area contributed by atoms with Crippen LogP contribution in [0.4, 0.5) is 13.2 Å². The summed E-state index contributed by atoms with van der Waals surface area (Å²) in [5, 5.41) is 2.81. The zero-order valence-corrected chi connectivity index (χ0v) is 17.2. The van der Waals surface area contributed by atoms with E-state index >= 15 is 0 Å². The number of aromatic nitrogens is 2. The van der Waals surface area contributed by atoms with Crippen molar-refractivity contribution in [1.29, 1.82) is 0 Å². The molecule has 0 atom stereocenters. The van der Waals surface area contributed by atoms with E-state index in [9.17, 15) is 22.8 Å². The molecule has 0 radical (unpaired) electrons. The molecule has 32 heavy (non-hydrogen) atoms. The fraction of sp³-hybridized carbons (Fsp3) is 0.261. The van der Waals surface area contributed by atoms with Crippen molar-refractivity contribution >= 4 is 28.5 Å². The van der Waals surface area contributed by atoms with E-state index in [0.717, 1.165) is 23.3 Å². The average Bonchev–Trinajstić information content (AvgIpc) is 3.15. The molecule has 1 N–H and O–H groups in total. The molecular weight excluding hydrogens is 423 g/mol. The fourth-order valence-electron chi connectivity index (χ4n) is 3.59. The summed E-state index contributed by atoms with van der Waals surface area (Å²) < 4.78 is 46.1. The molecule has 2 aromatic carbocycles. The van der Waals surface area contributed by atoms with Gasteiger partial charge in [-0.05, 0) is 60.9 Å². The minimum Gasteiger partial charge on any atom is -0.484 e. The summed E-state index contributed by atoms with van der Waals surface area (Å²) in [6.07, 6.45) is -2.12. The van der Waals surface area contributed by atoms with Gasteiger partial charge in [-0.25, -0.2) is 4.98 Å². The number of carbonyl (C=O) groups is 1. The van der Waals surface area contributed by atoms with Crippen LogP contribution in [0.5, 0.6) is 5.75 Å². The van der Waals surface area contributed by atoms with E-state index in [-0.39, 0.29) is 29.0 Å². The molecule has 4 rings (SSSR count). The maximum Gasteiger partial charge on any atom is 0.416 e. The molecule has 1 aliphatic rings. The van der Waals surface area contributed by atoms with Crippen molar-refractivity contribution in [1.82, 2.24) is 14.9 Å². The molecular formula is C23H20F3N3O3. The number of carbonyl (C=O) groups excluding carboxylic acids is 1. The number of allylic oxidation sites excluding steroid dienone is 1. The largest absolute Gasteiger partial charge is 0.484 e. The van der Waals surface area contributed by atoms with Crippen LogP contribution in [0.3, 0.4) is 0 Å². The molecule has 0 spiro atoms. The van der Waals surface area contributed by atoms with Crippen LogP contribution in [0.2, 0.25) is 0 Å². The number of nitrogens with zero attached hydrogens (tertiary/aromatic N) is 2. The molecule has 3 aromatic rings. The average molecular weight is 443 g/mol. The summed E-state index contributed by atoms with van der Waals surface area (Å²) in [5.41, 5.74) is 0.414. The third kappa shape index (κ3) is 4.37. The number of benzene rings is 2. The highest BCUT2D eigenvalue weighted by molar-refractivity contribution is 5.85. The predicted octanol–water partition coefficient (Wildman–Crippen LogP) is 3.87. The van der Waals surface area contributed by atoms with E-state index in [4.69, 9.17) is 4.74 Å². The first-order valence-electron chi connectivity index (χ1n) is 10.1. The number of ether oxygens (including phenoxy) is 1. The Morgan fingerprint density at radius 3 is 2.66 bits per heavy atom. The number of rotatable bonds is 5. The molecule has 1 aliphatic heterocycles. The molecule has 0 saturated carbocycles. The molecule has 0 unspecified atom stereocenters. The van der Waals surface area contributed by atoms with Gasteiger partial charge in [-0.2, -0.15) is 13.2 Å². The second-order valence-corrected chi connectivity index (χ2v) is 7.35. The fourth-order valence-corrected chi connectivity index (χ4v) is 3.59. The molecule has 0 bridgehead atoms. The van der Waals surface area contributed by atoms with Crippen molar-refractivity contribution in [2.75, 3.05) is 13.2 Å².